The lowest BCUT2D eigenvalue weighted by Crippen LogP contribution is -2.43. The van der Waals surface area contributed by atoms with Crippen molar-refractivity contribution in [2.75, 3.05) is 5.32 Å². The van der Waals surface area contributed by atoms with Crippen molar-refractivity contribution in [2.24, 2.45) is 0 Å². The first-order chi connectivity index (χ1) is 6.90. The van der Waals surface area contributed by atoms with Gasteiger partial charge in [0.25, 0.3) is 0 Å². The van der Waals surface area contributed by atoms with E-state index in [1.54, 1.807) is 5.32 Å². The second kappa shape index (κ2) is 3.13. The van der Waals surface area contributed by atoms with Crippen molar-refractivity contribution in [3.05, 3.63) is 22.4 Å². The predicted molar refractivity (Wildman–Crippen MR) is 48.3 cm³/mol. The number of halogens is 4. The molecule has 0 aliphatic carbocycles. The molecule has 80 valence electrons. The van der Waals surface area contributed by atoms with Gasteiger partial charge in [0.15, 0.2) is 11.6 Å². The second-order valence-electron chi connectivity index (χ2n) is 2.83. The van der Waals surface area contributed by atoms with Gasteiger partial charge < -0.3 is 10.1 Å². The lowest BCUT2D eigenvalue weighted by atomic mass is 10.2. The van der Waals surface area contributed by atoms with Crippen molar-refractivity contribution in [1.29, 1.82) is 0 Å². The fourth-order valence-electron chi connectivity index (χ4n) is 1.12. The van der Waals surface area contributed by atoms with Crippen molar-refractivity contribution in [2.45, 2.75) is 6.11 Å². The Hall–Kier alpha value is -1.24. The summed E-state index contributed by atoms with van der Waals surface area (Å²) in [6.45, 7) is 0. The summed E-state index contributed by atoms with van der Waals surface area (Å²) in [5.41, 5.74) is -0.380. The van der Waals surface area contributed by atoms with Gasteiger partial charge in [0.1, 0.15) is 5.69 Å². The summed E-state index contributed by atoms with van der Waals surface area (Å²) < 4.78 is 43.0. The monoisotopic (exact) mass is 281 g/mol. The Morgan fingerprint density at radius 2 is 2.07 bits per heavy atom. The highest BCUT2D eigenvalue weighted by Gasteiger charge is 2.47. The van der Waals surface area contributed by atoms with E-state index in [1.807, 2.05) is 0 Å². The van der Waals surface area contributed by atoms with Crippen LogP contribution in [0.4, 0.5) is 18.9 Å². The minimum absolute atomic E-state index is 0.241. The third-order valence-electron chi connectivity index (χ3n) is 1.76. The van der Waals surface area contributed by atoms with Crippen LogP contribution in [0.25, 0.3) is 0 Å². The Morgan fingerprint density at radius 1 is 1.40 bits per heavy atom. The van der Waals surface area contributed by atoms with Gasteiger partial charge in [-0.3, -0.25) is 4.79 Å². The van der Waals surface area contributed by atoms with Gasteiger partial charge in [-0.25, -0.2) is 4.39 Å². The van der Waals surface area contributed by atoms with Crippen LogP contribution in [-0.2, 0) is 4.79 Å². The molecular formula is C8H3BrF3NO2. The molecule has 0 fully saturated rings. The van der Waals surface area contributed by atoms with Gasteiger partial charge in [0.05, 0.1) is 0 Å². The van der Waals surface area contributed by atoms with E-state index < -0.39 is 23.6 Å². The van der Waals surface area contributed by atoms with Crippen LogP contribution in [0.3, 0.4) is 0 Å². The number of anilines is 1. The molecule has 1 aliphatic heterocycles. The van der Waals surface area contributed by atoms with Crippen molar-refractivity contribution in [3.8, 4) is 5.75 Å². The zero-order chi connectivity index (χ0) is 11.2. The van der Waals surface area contributed by atoms with E-state index in [1.165, 1.54) is 0 Å². The quantitative estimate of drug-likeness (QED) is 0.794. The van der Waals surface area contributed by atoms with E-state index in [2.05, 4.69) is 20.7 Å². The number of carbonyl (C=O) groups is 1. The van der Waals surface area contributed by atoms with Gasteiger partial charge in [0, 0.05) is 4.47 Å². The largest absolute Gasteiger partial charge is 0.482 e. The van der Waals surface area contributed by atoms with Crippen LogP contribution in [0.2, 0.25) is 0 Å². The summed E-state index contributed by atoms with van der Waals surface area (Å²) in [6.07, 6.45) is -3.97. The summed E-state index contributed by atoms with van der Waals surface area (Å²) in [5.74, 6) is -2.94. The molecule has 1 aromatic rings. The van der Waals surface area contributed by atoms with Gasteiger partial charge in [-0.2, -0.15) is 8.78 Å². The van der Waals surface area contributed by atoms with Crippen LogP contribution >= 0.6 is 15.9 Å². The average molecular weight is 282 g/mol. The Bertz CT molecular complexity index is 450. The van der Waals surface area contributed by atoms with Crippen LogP contribution in [0.1, 0.15) is 0 Å². The third-order valence-corrected chi connectivity index (χ3v) is 2.22. The molecule has 0 atom stereocenters. The minimum atomic E-state index is -3.97. The predicted octanol–water partition coefficient (Wildman–Crippen LogP) is 2.51. The number of hydrogen-bond acceptors (Lipinski definition) is 2. The lowest BCUT2D eigenvalue weighted by molar-refractivity contribution is -0.189. The fourth-order valence-corrected chi connectivity index (χ4v) is 1.53. The number of nitrogens with one attached hydrogen (secondary N) is 1. The van der Waals surface area contributed by atoms with Gasteiger partial charge in [-0.15, -0.1) is 0 Å². The number of ether oxygens (including phenoxy) is 1. The lowest BCUT2D eigenvalue weighted by Gasteiger charge is -2.24. The summed E-state index contributed by atoms with van der Waals surface area (Å²) in [6, 6.07) is 2.18. The molecule has 0 spiro atoms. The number of hydrogen-bond donors (Lipinski definition) is 1. The molecule has 0 bridgehead atoms. The summed E-state index contributed by atoms with van der Waals surface area (Å²) in [4.78, 5) is 10.8. The molecule has 2 rings (SSSR count). The highest BCUT2D eigenvalue weighted by Crippen LogP contribution is 2.38. The van der Waals surface area contributed by atoms with Crippen molar-refractivity contribution in [1.82, 2.24) is 0 Å². The Labute approximate surface area is 90.3 Å². The van der Waals surface area contributed by atoms with Crippen LogP contribution in [-0.4, -0.2) is 12.0 Å². The molecule has 1 heterocycles. The molecule has 7 heteroatoms. The zero-order valence-corrected chi connectivity index (χ0v) is 8.57. The van der Waals surface area contributed by atoms with Crippen LogP contribution < -0.4 is 10.1 Å². The number of amides is 1. The Balaban J connectivity index is 2.55. The zero-order valence-electron chi connectivity index (χ0n) is 6.98. The average Bonchev–Trinajstić information content (AvgIpc) is 2.08. The molecule has 0 unspecified atom stereocenters. The summed E-state index contributed by atoms with van der Waals surface area (Å²) in [7, 11) is 0. The Morgan fingerprint density at radius 3 is 2.73 bits per heavy atom. The summed E-state index contributed by atoms with van der Waals surface area (Å²) in [5, 5.41) is 1.74. The van der Waals surface area contributed by atoms with E-state index in [0.717, 1.165) is 12.1 Å². The van der Waals surface area contributed by atoms with Gasteiger partial charge in [-0.05, 0) is 12.1 Å². The van der Waals surface area contributed by atoms with Gasteiger partial charge >= 0.3 is 12.0 Å². The number of fused-ring (bicyclic) bond motifs is 1. The molecule has 0 saturated heterocycles. The van der Waals surface area contributed by atoms with E-state index in [0.29, 0.717) is 0 Å². The van der Waals surface area contributed by atoms with Crippen molar-refractivity contribution >= 4 is 27.5 Å². The smallest absolute Gasteiger partial charge is 0.423 e. The molecule has 1 aliphatic rings. The number of carbonyl (C=O) groups excluding carboxylic acids is 1. The highest BCUT2D eigenvalue weighted by atomic mass is 79.9. The molecule has 0 aromatic heterocycles. The van der Waals surface area contributed by atoms with Crippen molar-refractivity contribution in [3.63, 3.8) is 0 Å². The van der Waals surface area contributed by atoms with Crippen LogP contribution in [0.5, 0.6) is 5.75 Å². The maximum absolute atomic E-state index is 13.2. The van der Waals surface area contributed by atoms with Crippen LogP contribution in [0.15, 0.2) is 16.6 Å². The fraction of sp³-hybridized carbons (Fsp3) is 0.125. The molecule has 1 N–H and O–H groups in total. The van der Waals surface area contributed by atoms with E-state index >= 15 is 0 Å². The standard InChI is InChI=1S/C8H3BrF3NO2/c9-3-1-4(10)6-5(2-3)15-8(11,12)7(14)13-6/h1-2H,(H,13,14). The first kappa shape index (κ1) is 10.3. The molecule has 3 nitrogen and oxygen atoms in total. The highest BCUT2D eigenvalue weighted by molar-refractivity contribution is 9.10. The number of rotatable bonds is 0. The minimum Gasteiger partial charge on any atom is -0.423 e. The first-order valence-electron chi connectivity index (χ1n) is 3.77. The molecular weight excluding hydrogens is 279 g/mol. The van der Waals surface area contributed by atoms with E-state index in [-0.39, 0.29) is 10.2 Å². The van der Waals surface area contributed by atoms with E-state index in [9.17, 15) is 18.0 Å². The van der Waals surface area contributed by atoms with Crippen LogP contribution in [0, 0.1) is 5.82 Å². The maximum atomic E-state index is 13.2. The first-order valence-corrected chi connectivity index (χ1v) is 4.57. The maximum Gasteiger partial charge on any atom is 0.482 e. The van der Waals surface area contributed by atoms with Gasteiger partial charge in [-0.1, -0.05) is 15.9 Å². The number of benzene rings is 1. The molecule has 1 aromatic carbocycles. The Kier molecular flexibility index (Phi) is 2.14. The van der Waals surface area contributed by atoms with Gasteiger partial charge in [0.2, 0.25) is 0 Å². The number of alkyl halides is 2. The second-order valence-corrected chi connectivity index (χ2v) is 3.75. The normalized spacial score (nSPS) is 17.7. The SMILES string of the molecule is O=C1Nc2c(F)cc(Br)cc2OC1(F)F. The summed E-state index contributed by atoms with van der Waals surface area (Å²) >= 11 is 2.92. The molecule has 0 saturated carbocycles. The van der Waals surface area contributed by atoms with Crippen molar-refractivity contribution < 1.29 is 22.7 Å². The topological polar surface area (TPSA) is 38.3 Å². The van der Waals surface area contributed by atoms with E-state index in [4.69, 9.17) is 0 Å². The molecule has 0 radical (unpaired) electrons. The molecule has 15 heavy (non-hydrogen) atoms. The molecule has 1 amide bonds. The third kappa shape index (κ3) is 1.67.